The molecule has 0 aliphatic rings. The number of hydrogen-bond acceptors (Lipinski definition) is 4. The Kier molecular flexibility index (Phi) is 4.35. The number of nitrogens with one attached hydrogen (secondary N) is 2. The minimum Gasteiger partial charge on any atom is -0.480 e. The lowest BCUT2D eigenvalue weighted by Gasteiger charge is -2.25. The van der Waals surface area contributed by atoms with E-state index in [1.54, 1.807) is 0 Å². The number of nitro benzene ring substituents is 1. The van der Waals surface area contributed by atoms with Crippen LogP contribution in [0.1, 0.15) is 37.0 Å². The normalized spacial score (nSPS) is 13.5. The number of nitrogens with zero attached hydrogens (tertiary/aromatic N) is 1. The smallest absolute Gasteiger partial charge is 0.329 e. The number of carboxylic acids is 1. The lowest BCUT2D eigenvalue weighted by molar-refractivity contribution is -0.384. The van der Waals surface area contributed by atoms with E-state index in [1.165, 1.54) is 31.3 Å². The second kappa shape index (κ2) is 6.07. The van der Waals surface area contributed by atoms with Crippen LogP contribution in [0.4, 0.5) is 5.69 Å². The first-order valence-electron chi connectivity index (χ1n) is 7.10. The van der Waals surface area contributed by atoms with Crippen molar-refractivity contribution in [2.24, 2.45) is 0 Å². The van der Waals surface area contributed by atoms with Gasteiger partial charge in [-0.05, 0) is 19.4 Å². The molecule has 1 unspecified atom stereocenters. The van der Waals surface area contributed by atoms with Crippen molar-refractivity contribution in [2.45, 2.75) is 32.2 Å². The van der Waals surface area contributed by atoms with Gasteiger partial charge in [-0.2, -0.15) is 0 Å². The van der Waals surface area contributed by atoms with Gasteiger partial charge in [0.15, 0.2) is 0 Å². The molecule has 1 aromatic carbocycles. The molecular weight excluding hydrogens is 302 g/mol. The number of aliphatic carboxylic acids is 1. The van der Waals surface area contributed by atoms with Gasteiger partial charge in [-0.15, -0.1) is 0 Å². The molecule has 122 valence electrons. The number of non-ortho nitro benzene ring substituents is 1. The molecule has 8 heteroatoms. The molecule has 0 saturated carbocycles. The number of hydrogen-bond donors (Lipinski definition) is 3. The lowest BCUT2D eigenvalue weighted by atomic mass is 9.95. The predicted molar refractivity (Wildman–Crippen MR) is 83.4 cm³/mol. The zero-order valence-corrected chi connectivity index (χ0v) is 12.8. The van der Waals surface area contributed by atoms with Gasteiger partial charge in [-0.1, -0.05) is 13.3 Å². The van der Waals surface area contributed by atoms with Gasteiger partial charge in [-0.3, -0.25) is 14.9 Å². The number of rotatable bonds is 6. The number of amides is 1. The number of fused-ring (bicyclic) bond motifs is 1. The summed E-state index contributed by atoms with van der Waals surface area (Å²) < 4.78 is 0. The van der Waals surface area contributed by atoms with Gasteiger partial charge in [0.05, 0.1) is 10.5 Å². The molecule has 3 N–H and O–H groups in total. The average molecular weight is 319 g/mol. The minimum absolute atomic E-state index is 0.138. The van der Waals surface area contributed by atoms with Gasteiger partial charge in [0.25, 0.3) is 11.6 Å². The van der Waals surface area contributed by atoms with Crippen molar-refractivity contribution in [3.05, 3.63) is 40.1 Å². The fourth-order valence-corrected chi connectivity index (χ4v) is 2.45. The molecule has 1 heterocycles. The molecule has 0 aliphatic heterocycles. The summed E-state index contributed by atoms with van der Waals surface area (Å²) >= 11 is 0. The highest BCUT2D eigenvalue weighted by Gasteiger charge is 2.34. The fraction of sp³-hybridized carbons (Fsp3) is 0.333. The van der Waals surface area contributed by atoms with Gasteiger partial charge in [0.1, 0.15) is 5.54 Å². The topological polar surface area (TPSA) is 125 Å². The zero-order chi connectivity index (χ0) is 17.2. The molecule has 1 aromatic heterocycles. The molecule has 1 amide bonds. The molecular formula is C15H17N3O5. The van der Waals surface area contributed by atoms with Gasteiger partial charge in [0, 0.05) is 29.2 Å². The molecule has 0 radical (unpaired) electrons. The molecule has 2 rings (SSSR count). The molecule has 0 spiro atoms. The summed E-state index contributed by atoms with van der Waals surface area (Å²) in [4.78, 5) is 37.0. The van der Waals surface area contributed by atoms with Gasteiger partial charge >= 0.3 is 5.97 Å². The average Bonchev–Trinajstić information content (AvgIpc) is 2.90. The zero-order valence-electron chi connectivity index (χ0n) is 12.8. The van der Waals surface area contributed by atoms with Crippen LogP contribution < -0.4 is 5.32 Å². The third kappa shape index (κ3) is 3.15. The maximum absolute atomic E-state index is 12.4. The van der Waals surface area contributed by atoms with Gasteiger partial charge < -0.3 is 15.4 Å². The van der Waals surface area contributed by atoms with Crippen molar-refractivity contribution in [2.75, 3.05) is 0 Å². The molecule has 8 nitrogen and oxygen atoms in total. The third-order valence-electron chi connectivity index (χ3n) is 3.73. The summed E-state index contributed by atoms with van der Waals surface area (Å²) in [5.74, 6) is -1.71. The fourth-order valence-electron chi connectivity index (χ4n) is 2.45. The van der Waals surface area contributed by atoms with Crippen LogP contribution in [0.5, 0.6) is 0 Å². The van der Waals surface area contributed by atoms with E-state index in [-0.39, 0.29) is 17.7 Å². The van der Waals surface area contributed by atoms with Crippen LogP contribution in [-0.4, -0.2) is 32.4 Å². The number of nitro groups is 1. The van der Waals surface area contributed by atoms with Crippen LogP contribution in [0.15, 0.2) is 24.4 Å². The second-order valence-electron chi connectivity index (χ2n) is 5.53. The Labute approximate surface area is 131 Å². The number of carbonyl (C=O) groups is 2. The maximum Gasteiger partial charge on any atom is 0.329 e. The quantitative estimate of drug-likeness (QED) is 0.557. The number of H-pyrrole nitrogens is 1. The standard InChI is InChI=1S/C15H17N3O5/c1-3-6-15(2,14(20)21)17-13(19)11-8-16-12-5-4-9(18(22)23)7-10(11)12/h4-5,7-8,16H,3,6H2,1-2H3,(H,17,19)(H,20,21). The number of carbonyl (C=O) groups excluding carboxylic acids is 1. The van der Waals surface area contributed by atoms with Gasteiger partial charge in [-0.25, -0.2) is 4.79 Å². The number of benzene rings is 1. The van der Waals surface area contributed by atoms with Crippen molar-refractivity contribution in [1.82, 2.24) is 10.3 Å². The summed E-state index contributed by atoms with van der Waals surface area (Å²) in [6.45, 7) is 3.26. The first-order chi connectivity index (χ1) is 10.8. The predicted octanol–water partition coefficient (Wildman–Crippen LogP) is 2.45. The monoisotopic (exact) mass is 319 g/mol. The molecule has 0 fully saturated rings. The molecule has 0 aliphatic carbocycles. The first kappa shape index (κ1) is 16.5. The minimum atomic E-state index is -1.39. The number of aromatic amines is 1. The van der Waals surface area contributed by atoms with E-state index in [9.17, 15) is 24.8 Å². The Hall–Kier alpha value is -2.90. The highest BCUT2D eigenvalue weighted by molar-refractivity contribution is 6.08. The van der Waals surface area contributed by atoms with E-state index in [0.717, 1.165) is 0 Å². The lowest BCUT2D eigenvalue weighted by Crippen LogP contribution is -2.52. The molecule has 0 bridgehead atoms. The van der Waals surface area contributed by atoms with Crippen molar-refractivity contribution >= 4 is 28.5 Å². The Morgan fingerprint density at radius 3 is 2.70 bits per heavy atom. The largest absolute Gasteiger partial charge is 0.480 e. The highest BCUT2D eigenvalue weighted by Crippen LogP contribution is 2.24. The van der Waals surface area contributed by atoms with E-state index >= 15 is 0 Å². The van der Waals surface area contributed by atoms with Crippen molar-refractivity contribution in [3.8, 4) is 0 Å². The first-order valence-corrected chi connectivity index (χ1v) is 7.10. The van der Waals surface area contributed by atoms with E-state index in [0.29, 0.717) is 17.3 Å². The molecule has 2 aromatic rings. The summed E-state index contributed by atoms with van der Waals surface area (Å²) in [5.41, 5.74) is -0.794. The highest BCUT2D eigenvalue weighted by atomic mass is 16.6. The Bertz CT molecular complexity index is 783. The third-order valence-corrected chi connectivity index (χ3v) is 3.73. The summed E-state index contributed by atoms with van der Waals surface area (Å²) in [5, 5.41) is 23.1. The Morgan fingerprint density at radius 1 is 1.43 bits per heavy atom. The van der Waals surface area contributed by atoms with Crippen molar-refractivity contribution in [3.63, 3.8) is 0 Å². The van der Waals surface area contributed by atoms with Crippen LogP contribution in [0.3, 0.4) is 0 Å². The maximum atomic E-state index is 12.4. The number of aromatic nitrogens is 1. The van der Waals surface area contributed by atoms with Crippen molar-refractivity contribution in [1.29, 1.82) is 0 Å². The summed E-state index contributed by atoms with van der Waals surface area (Å²) in [7, 11) is 0. The van der Waals surface area contributed by atoms with Crippen LogP contribution in [0.2, 0.25) is 0 Å². The molecule has 1 atom stereocenters. The summed E-state index contributed by atoms with van der Waals surface area (Å²) in [6, 6.07) is 4.13. The second-order valence-corrected chi connectivity index (χ2v) is 5.53. The molecule has 0 saturated heterocycles. The SMILES string of the molecule is CCCC(C)(NC(=O)c1c[nH]c2ccc([N+](=O)[O-])cc12)C(=O)O. The van der Waals surface area contributed by atoms with E-state index in [1.807, 2.05) is 6.92 Å². The van der Waals surface area contributed by atoms with Gasteiger partial charge in [0.2, 0.25) is 0 Å². The van der Waals surface area contributed by atoms with Crippen LogP contribution >= 0.6 is 0 Å². The van der Waals surface area contributed by atoms with E-state index in [4.69, 9.17) is 0 Å². The number of carboxylic acid groups (broad SMARTS) is 1. The molecule has 23 heavy (non-hydrogen) atoms. The Balaban J connectivity index is 2.39. The van der Waals surface area contributed by atoms with E-state index in [2.05, 4.69) is 10.3 Å². The van der Waals surface area contributed by atoms with Crippen LogP contribution in [-0.2, 0) is 4.79 Å². The van der Waals surface area contributed by atoms with E-state index < -0.39 is 22.3 Å². The Morgan fingerprint density at radius 2 is 2.13 bits per heavy atom. The van der Waals surface area contributed by atoms with Crippen molar-refractivity contribution < 1.29 is 19.6 Å². The van der Waals surface area contributed by atoms with Crippen LogP contribution in [0.25, 0.3) is 10.9 Å². The summed E-state index contributed by atoms with van der Waals surface area (Å²) in [6.07, 6.45) is 2.27. The van der Waals surface area contributed by atoms with Crippen LogP contribution in [0, 0.1) is 10.1 Å².